The van der Waals surface area contributed by atoms with Crippen molar-refractivity contribution in [3.63, 3.8) is 0 Å². The highest BCUT2D eigenvalue weighted by molar-refractivity contribution is 7.80. The second-order valence-electron chi connectivity index (χ2n) is 3.17. The predicted molar refractivity (Wildman–Crippen MR) is 59.8 cm³/mol. The summed E-state index contributed by atoms with van der Waals surface area (Å²) in [4.78, 5) is 0. The number of hydrogen-bond acceptors (Lipinski definition) is 2. The van der Waals surface area contributed by atoms with E-state index < -0.39 is 0 Å². The fourth-order valence-electron chi connectivity index (χ4n) is 1.37. The van der Waals surface area contributed by atoms with Crippen LogP contribution in [0.4, 0.5) is 0 Å². The van der Waals surface area contributed by atoms with Crippen molar-refractivity contribution < 1.29 is 0 Å². The molecule has 1 aliphatic rings. The molecule has 1 aliphatic heterocycles. The summed E-state index contributed by atoms with van der Waals surface area (Å²) in [5.74, 6) is 0. The standard InChI is InChI=1S/C9H17N3S/c1-2-5-11-9(13)12-8-3-6-10-7-4-8/h2,8,10H,1,3-7H2,(H2,11,12,13). The molecule has 4 heteroatoms. The van der Waals surface area contributed by atoms with Gasteiger partial charge in [-0.15, -0.1) is 6.58 Å². The van der Waals surface area contributed by atoms with Crippen LogP contribution in [-0.2, 0) is 0 Å². The smallest absolute Gasteiger partial charge is 0.166 e. The Kier molecular flexibility index (Phi) is 4.78. The molecule has 1 fully saturated rings. The van der Waals surface area contributed by atoms with Gasteiger partial charge in [-0.05, 0) is 38.1 Å². The molecule has 1 saturated heterocycles. The number of piperidine rings is 1. The van der Waals surface area contributed by atoms with Crippen LogP contribution in [0.2, 0.25) is 0 Å². The van der Waals surface area contributed by atoms with Gasteiger partial charge in [-0.2, -0.15) is 0 Å². The van der Waals surface area contributed by atoms with Crippen LogP contribution in [0.15, 0.2) is 12.7 Å². The van der Waals surface area contributed by atoms with E-state index in [2.05, 4.69) is 22.5 Å². The zero-order valence-electron chi connectivity index (χ0n) is 7.81. The predicted octanol–water partition coefficient (Wildman–Crippen LogP) is 0.388. The molecule has 1 rings (SSSR count). The van der Waals surface area contributed by atoms with Gasteiger partial charge in [-0.25, -0.2) is 0 Å². The maximum Gasteiger partial charge on any atom is 0.166 e. The zero-order valence-corrected chi connectivity index (χ0v) is 8.62. The molecule has 0 unspecified atom stereocenters. The Morgan fingerprint density at radius 2 is 2.23 bits per heavy atom. The molecule has 3 nitrogen and oxygen atoms in total. The molecular formula is C9H17N3S. The SMILES string of the molecule is C=CCNC(=S)NC1CCNCC1. The lowest BCUT2D eigenvalue weighted by Crippen LogP contribution is -2.46. The molecule has 0 aromatic rings. The van der Waals surface area contributed by atoms with E-state index in [1.807, 2.05) is 0 Å². The molecule has 0 saturated carbocycles. The third-order valence-corrected chi connectivity index (χ3v) is 2.34. The van der Waals surface area contributed by atoms with Crippen molar-refractivity contribution in [2.75, 3.05) is 19.6 Å². The highest BCUT2D eigenvalue weighted by atomic mass is 32.1. The molecular weight excluding hydrogens is 182 g/mol. The van der Waals surface area contributed by atoms with Gasteiger partial charge in [0.2, 0.25) is 0 Å². The zero-order chi connectivity index (χ0) is 9.52. The largest absolute Gasteiger partial charge is 0.360 e. The molecule has 0 bridgehead atoms. The Bertz CT molecular complexity index is 176. The van der Waals surface area contributed by atoms with Crippen molar-refractivity contribution in [3.05, 3.63) is 12.7 Å². The topological polar surface area (TPSA) is 36.1 Å². The summed E-state index contributed by atoms with van der Waals surface area (Å²) in [5, 5.41) is 10.4. The molecule has 3 N–H and O–H groups in total. The lowest BCUT2D eigenvalue weighted by molar-refractivity contribution is 0.428. The Labute approximate surface area is 85.0 Å². The molecule has 74 valence electrons. The third-order valence-electron chi connectivity index (χ3n) is 2.08. The van der Waals surface area contributed by atoms with Crippen molar-refractivity contribution in [2.24, 2.45) is 0 Å². The van der Waals surface area contributed by atoms with Crippen LogP contribution in [-0.4, -0.2) is 30.8 Å². The van der Waals surface area contributed by atoms with Gasteiger partial charge in [0.05, 0.1) is 0 Å². The van der Waals surface area contributed by atoms with Gasteiger partial charge in [0.15, 0.2) is 5.11 Å². The van der Waals surface area contributed by atoms with Crippen LogP contribution in [0.1, 0.15) is 12.8 Å². The Morgan fingerprint density at radius 1 is 1.54 bits per heavy atom. The third kappa shape index (κ3) is 4.24. The van der Waals surface area contributed by atoms with Gasteiger partial charge < -0.3 is 16.0 Å². The summed E-state index contributed by atoms with van der Waals surface area (Å²) in [6, 6.07) is 0.533. The van der Waals surface area contributed by atoms with E-state index in [0.717, 1.165) is 37.6 Å². The normalized spacial score (nSPS) is 17.8. The monoisotopic (exact) mass is 199 g/mol. The van der Waals surface area contributed by atoms with E-state index in [4.69, 9.17) is 12.2 Å². The van der Waals surface area contributed by atoms with E-state index >= 15 is 0 Å². The average molecular weight is 199 g/mol. The minimum absolute atomic E-state index is 0.533. The molecule has 0 atom stereocenters. The number of hydrogen-bond donors (Lipinski definition) is 3. The molecule has 0 aromatic carbocycles. The molecule has 0 aliphatic carbocycles. The summed E-state index contributed by atoms with van der Waals surface area (Å²) in [5.41, 5.74) is 0. The Hall–Kier alpha value is -0.610. The van der Waals surface area contributed by atoms with E-state index in [1.165, 1.54) is 0 Å². The highest BCUT2D eigenvalue weighted by Crippen LogP contribution is 2.00. The summed E-state index contributed by atoms with van der Waals surface area (Å²) in [6.45, 7) is 6.52. The van der Waals surface area contributed by atoms with Crippen molar-refractivity contribution in [1.29, 1.82) is 0 Å². The van der Waals surface area contributed by atoms with Crippen LogP contribution >= 0.6 is 12.2 Å². The summed E-state index contributed by atoms with van der Waals surface area (Å²) >= 11 is 5.11. The number of thiocarbonyl (C=S) groups is 1. The Morgan fingerprint density at radius 3 is 2.85 bits per heavy atom. The second kappa shape index (κ2) is 5.94. The lowest BCUT2D eigenvalue weighted by atomic mass is 10.1. The second-order valence-corrected chi connectivity index (χ2v) is 3.58. The van der Waals surface area contributed by atoms with Crippen molar-refractivity contribution in [3.8, 4) is 0 Å². The van der Waals surface area contributed by atoms with Crippen LogP contribution in [0, 0.1) is 0 Å². The Balaban J connectivity index is 2.14. The molecule has 0 amide bonds. The molecule has 1 heterocycles. The van der Waals surface area contributed by atoms with Gasteiger partial charge in [0, 0.05) is 12.6 Å². The fourth-order valence-corrected chi connectivity index (χ4v) is 1.62. The minimum Gasteiger partial charge on any atom is -0.360 e. The first-order valence-corrected chi connectivity index (χ1v) is 5.09. The summed E-state index contributed by atoms with van der Waals surface area (Å²) in [7, 11) is 0. The van der Waals surface area contributed by atoms with E-state index in [0.29, 0.717) is 6.04 Å². The van der Waals surface area contributed by atoms with Gasteiger partial charge >= 0.3 is 0 Å². The number of nitrogens with one attached hydrogen (secondary N) is 3. The number of rotatable bonds is 3. The maximum absolute atomic E-state index is 5.11. The first-order chi connectivity index (χ1) is 6.33. The van der Waals surface area contributed by atoms with Gasteiger partial charge in [-0.1, -0.05) is 6.08 Å². The lowest BCUT2D eigenvalue weighted by Gasteiger charge is -2.24. The molecule has 0 spiro atoms. The van der Waals surface area contributed by atoms with Crippen LogP contribution < -0.4 is 16.0 Å². The van der Waals surface area contributed by atoms with Crippen molar-refractivity contribution in [2.45, 2.75) is 18.9 Å². The van der Waals surface area contributed by atoms with Crippen molar-refractivity contribution in [1.82, 2.24) is 16.0 Å². The summed E-state index contributed by atoms with van der Waals surface area (Å²) in [6.07, 6.45) is 4.10. The van der Waals surface area contributed by atoms with Gasteiger partial charge in [0.25, 0.3) is 0 Å². The first kappa shape index (κ1) is 10.5. The van der Waals surface area contributed by atoms with Crippen LogP contribution in [0.25, 0.3) is 0 Å². The summed E-state index contributed by atoms with van der Waals surface area (Å²) < 4.78 is 0. The van der Waals surface area contributed by atoms with E-state index in [1.54, 1.807) is 6.08 Å². The minimum atomic E-state index is 0.533. The van der Waals surface area contributed by atoms with E-state index in [-0.39, 0.29) is 0 Å². The fraction of sp³-hybridized carbons (Fsp3) is 0.667. The van der Waals surface area contributed by atoms with Crippen LogP contribution in [0.3, 0.4) is 0 Å². The first-order valence-electron chi connectivity index (χ1n) is 4.69. The molecule has 13 heavy (non-hydrogen) atoms. The van der Waals surface area contributed by atoms with Crippen molar-refractivity contribution >= 4 is 17.3 Å². The van der Waals surface area contributed by atoms with E-state index in [9.17, 15) is 0 Å². The van der Waals surface area contributed by atoms with Crippen LogP contribution in [0.5, 0.6) is 0 Å². The highest BCUT2D eigenvalue weighted by Gasteiger charge is 2.12. The average Bonchev–Trinajstić information content (AvgIpc) is 2.16. The molecule has 0 aromatic heterocycles. The quantitative estimate of drug-likeness (QED) is 0.454. The van der Waals surface area contributed by atoms with Gasteiger partial charge in [0.1, 0.15) is 0 Å². The van der Waals surface area contributed by atoms with Gasteiger partial charge in [-0.3, -0.25) is 0 Å². The molecule has 0 radical (unpaired) electrons. The maximum atomic E-state index is 5.11.